The van der Waals surface area contributed by atoms with E-state index in [4.69, 9.17) is 11.6 Å². The maximum Gasteiger partial charge on any atom is 0.255 e. The summed E-state index contributed by atoms with van der Waals surface area (Å²) in [5.74, 6) is -0.570. The number of nitrogens with zero attached hydrogens (tertiary/aromatic N) is 1. The van der Waals surface area contributed by atoms with E-state index in [1.807, 2.05) is 6.92 Å². The third-order valence-corrected chi connectivity index (χ3v) is 2.08. The number of amides is 1. The number of halogens is 3. The number of carbonyl (C=O) groups excluding carboxylic acids is 1. The fourth-order valence-corrected chi connectivity index (χ4v) is 1.36. The third kappa shape index (κ3) is 3.73. The normalized spacial score (nSPS) is 10.6. The van der Waals surface area contributed by atoms with Crippen LogP contribution in [0, 0.1) is 0 Å². The molecule has 0 atom stereocenters. The van der Waals surface area contributed by atoms with Crippen molar-refractivity contribution < 1.29 is 13.6 Å². The fourth-order valence-electron chi connectivity index (χ4n) is 1.14. The lowest BCUT2D eigenvalue weighted by Gasteiger charge is -2.06. The Hall–Kier alpha value is -1.23. The van der Waals surface area contributed by atoms with Crippen molar-refractivity contribution in [3.05, 3.63) is 28.5 Å². The molecule has 0 aliphatic rings. The summed E-state index contributed by atoms with van der Waals surface area (Å²) in [5, 5.41) is 2.28. The molecule has 0 aliphatic carbocycles. The maximum atomic E-state index is 11.9. The Morgan fingerprint density at radius 2 is 2.25 bits per heavy atom. The Kier molecular flexibility index (Phi) is 4.61. The second kappa shape index (κ2) is 5.75. The Morgan fingerprint density at radius 1 is 1.56 bits per heavy atom. The van der Waals surface area contributed by atoms with Crippen LogP contribution in [0.15, 0.2) is 12.1 Å². The lowest BCUT2D eigenvalue weighted by molar-refractivity contribution is 0.0891. The molecule has 0 spiro atoms. The Morgan fingerprint density at radius 3 is 2.81 bits per heavy atom. The fraction of sp³-hybridized carbons (Fsp3) is 0.400. The second-order valence-electron chi connectivity index (χ2n) is 3.12. The first-order chi connectivity index (χ1) is 7.52. The van der Waals surface area contributed by atoms with Gasteiger partial charge in [0.2, 0.25) is 0 Å². The monoisotopic (exact) mass is 248 g/mol. The van der Waals surface area contributed by atoms with Crippen molar-refractivity contribution in [2.24, 2.45) is 0 Å². The molecule has 88 valence electrons. The number of hydrogen-bond donors (Lipinski definition) is 1. The molecule has 0 aliphatic heterocycles. The molecule has 0 unspecified atom stereocenters. The molecule has 0 saturated carbocycles. The highest BCUT2D eigenvalue weighted by molar-refractivity contribution is 6.29. The Balaban J connectivity index is 2.78. The zero-order chi connectivity index (χ0) is 12.1. The van der Waals surface area contributed by atoms with Crippen LogP contribution >= 0.6 is 11.6 Å². The van der Waals surface area contributed by atoms with E-state index in [1.54, 1.807) is 0 Å². The molecule has 0 aromatic carbocycles. The number of alkyl halides is 2. The van der Waals surface area contributed by atoms with E-state index < -0.39 is 18.9 Å². The predicted molar refractivity (Wildman–Crippen MR) is 57.0 cm³/mol. The molecule has 1 amide bonds. The lowest BCUT2D eigenvalue weighted by Crippen LogP contribution is -2.28. The average molecular weight is 249 g/mol. The predicted octanol–water partition coefficient (Wildman–Crippen LogP) is 2.29. The summed E-state index contributed by atoms with van der Waals surface area (Å²) in [6, 6.07) is 2.88. The quantitative estimate of drug-likeness (QED) is 0.831. The number of pyridine rings is 1. The maximum absolute atomic E-state index is 11.9. The molecule has 1 aromatic rings. The van der Waals surface area contributed by atoms with Gasteiger partial charge in [-0.3, -0.25) is 4.79 Å². The van der Waals surface area contributed by atoms with Gasteiger partial charge in [0.1, 0.15) is 5.15 Å². The molecular weight excluding hydrogens is 238 g/mol. The molecule has 0 fully saturated rings. The first-order valence-electron chi connectivity index (χ1n) is 4.75. The second-order valence-corrected chi connectivity index (χ2v) is 3.51. The molecule has 1 rings (SSSR count). The number of nitrogens with one attached hydrogen (secondary N) is 1. The number of rotatable bonds is 4. The summed E-state index contributed by atoms with van der Waals surface area (Å²) in [7, 11) is 0. The highest BCUT2D eigenvalue weighted by Gasteiger charge is 2.10. The van der Waals surface area contributed by atoms with Gasteiger partial charge in [-0.15, -0.1) is 0 Å². The molecule has 1 aromatic heterocycles. The van der Waals surface area contributed by atoms with E-state index in [-0.39, 0.29) is 10.7 Å². The smallest absolute Gasteiger partial charge is 0.255 e. The topological polar surface area (TPSA) is 42.0 Å². The van der Waals surface area contributed by atoms with Crippen LogP contribution in [0.2, 0.25) is 5.15 Å². The van der Waals surface area contributed by atoms with Gasteiger partial charge >= 0.3 is 0 Å². The average Bonchev–Trinajstić information content (AvgIpc) is 2.24. The largest absolute Gasteiger partial charge is 0.346 e. The van der Waals surface area contributed by atoms with Crippen LogP contribution in [0.4, 0.5) is 8.78 Å². The summed E-state index contributed by atoms with van der Waals surface area (Å²) < 4.78 is 23.8. The summed E-state index contributed by atoms with van der Waals surface area (Å²) in [4.78, 5) is 15.4. The van der Waals surface area contributed by atoms with Crippen molar-refractivity contribution in [3.8, 4) is 0 Å². The highest BCUT2D eigenvalue weighted by Crippen LogP contribution is 2.11. The van der Waals surface area contributed by atoms with E-state index in [0.29, 0.717) is 12.1 Å². The number of carbonyl (C=O) groups is 1. The van der Waals surface area contributed by atoms with Gasteiger partial charge in [-0.25, -0.2) is 13.8 Å². The van der Waals surface area contributed by atoms with Gasteiger partial charge in [0.05, 0.1) is 6.54 Å². The SMILES string of the molecule is CCc1cc(C(=O)NCC(F)F)cc(Cl)n1. The molecule has 0 radical (unpaired) electrons. The highest BCUT2D eigenvalue weighted by atomic mass is 35.5. The van der Waals surface area contributed by atoms with Gasteiger partial charge in [-0.2, -0.15) is 0 Å². The van der Waals surface area contributed by atoms with E-state index in [2.05, 4.69) is 10.3 Å². The molecule has 0 saturated heterocycles. The van der Waals surface area contributed by atoms with E-state index >= 15 is 0 Å². The van der Waals surface area contributed by atoms with Gasteiger partial charge in [-0.05, 0) is 18.6 Å². The van der Waals surface area contributed by atoms with Gasteiger partial charge < -0.3 is 5.32 Å². The van der Waals surface area contributed by atoms with Crippen molar-refractivity contribution in [2.45, 2.75) is 19.8 Å². The van der Waals surface area contributed by atoms with Crippen molar-refractivity contribution in [1.29, 1.82) is 0 Å². The van der Waals surface area contributed by atoms with Crippen molar-refractivity contribution in [3.63, 3.8) is 0 Å². The van der Waals surface area contributed by atoms with Crippen LogP contribution in [-0.4, -0.2) is 23.9 Å². The first kappa shape index (κ1) is 12.8. The number of hydrogen-bond acceptors (Lipinski definition) is 2. The number of aromatic nitrogens is 1. The summed E-state index contributed by atoms with van der Waals surface area (Å²) >= 11 is 5.70. The molecule has 1 heterocycles. The Bertz CT molecular complexity index is 385. The minimum absolute atomic E-state index is 0.182. The van der Waals surface area contributed by atoms with Gasteiger partial charge in [0, 0.05) is 11.3 Å². The first-order valence-corrected chi connectivity index (χ1v) is 5.13. The summed E-state index contributed by atoms with van der Waals surface area (Å²) in [6.45, 7) is 1.19. The van der Waals surface area contributed by atoms with Crippen LogP contribution < -0.4 is 5.32 Å². The van der Waals surface area contributed by atoms with E-state index in [9.17, 15) is 13.6 Å². The van der Waals surface area contributed by atoms with Crippen LogP contribution in [0.25, 0.3) is 0 Å². The minimum Gasteiger partial charge on any atom is -0.346 e. The molecule has 16 heavy (non-hydrogen) atoms. The standard InChI is InChI=1S/C10H11ClF2N2O/c1-2-7-3-6(4-8(11)15-7)10(16)14-5-9(12)13/h3-4,9H,2,5H2,1H3,(H,14,16). The third-order valence-electron chi connectivity index (χ3n) is 1.89. The van der Waals surface area contributed by atoms with Crippen LogP contribution in [0.3, 0.4) is 0 Å². The van der Waals surface area contributed by atoms with E-state index in [1.165, 1.54) is 12.1 Å². The van der Waals surface area contributed by atoms with Gasteiger partial charge in [0.15, 0.2) is 0 Å². The zero-order valence-electron chi connectivity index (χ0n) is 8.64. The lowest BCUT2D eigenvalue weighted by atomic mass is 10.2. The Labute approximate surface area is 96.8 Å². The van der Waals surface area contributed by atoms with Crippen LogP contribution in [0.1, 0.15) is 23.0 Å². The van der Waals surface area contributed by atoms with Gasteiger partial charge in [-0.1, -0.05) is 18.5 Å². The van der Waals surface area contributed by atoms with Gasteiger partial charge in [0.25, 0.3) is 12.3 Å². The summed E-state index contributed by atoms with van der Waals surface area (Å²) in [6.07, 6.45) is -1.94. The van der Waals surface area contributed by atoms with Crippen molar-refractivity contribution in [2.75, 3.05) is 6.54 Å². The zero-order valence-corrected chi connectivity index (χ0v) is 9.39. The summed E-state index contributed by atoms with van der Waals surface area (Å²) in [5.41, 5.74) is 0.896. The van der Waals surface area contributed by atoms with Crippen molar-refractivity contribution in [1.82, 2.24) is 10.3 Å². The van der Waals surface area contributed by atoms with E-state index in [0.717, 1.165) is 0 Å². The molecular formula is C10H11ClF2N2O. The molecule has 1 N–H and O–H groups in total. The van der Waals surface area contributed by atoms with Crippen LogP contribution in [-0.2, 0) is 6.42 Å². The molecule has 3 nitrogen and oxygen atoms in total. The molecule has 6 heteroatoms. The number of aryl methyl sites for hydroxylation is 1. The van der Waals surface area contributed by atoms with Crippen LogP contribution in [0.5, 0.6) is 0 Å². The van der Waals surface area contributed by atoms with Crippen molar-refractivity contribution >= 4 is 17.5 Å². The minimum atomic E-state index is -2.56. The molecule has 0 bridgehead atoms.